The van der Waals surface area contributed by atoms with E-state index in [4.69, 9.17) is 10.5 Å². The molecule has 0 aromatic heterocycles. The lowest BCUT2D eigenvalue weighted by Gasteiger charge is -2.26. The first kappa shape index (κ1) is 14.7. The summed E-state index contributed by atoms with van der Waals surface area (Å²) in [4.78, 5) is 26.3. The quantitative estimate of drug-likeness (QED) is 0.719. The van der Waals surface area contributed by atoms with Gasteiger partial charge in [0.25, 0.3) is 0 Å². The molecule has 2 aliphatic rings. The smallest absolute Gasteiger partial charge is 0.410 e. The molecule has 1 saturated heterocycles. The lowest BCUT2D eigenvalue weighted by molar-refractivity contribution is -0.120. The van der Waals surface area contributed by atoms with Crippen molar-refractivity contribution in [3.63, 3.8) is 0 Å². The number of fused-ring (bicyclic) bond motifs is 2. The highest BCUT2D eigenvalue weighted by molar-refractivity contribution is 6.07. The second-order valence-corrected chi connectivity index (χ2v) is 6.99. The molecule has 1 aromatic carbocycles. The van der Waals surface area contributed by atoms with Crippen LogP contribution in [0.2, 0.25) is 0 Å². The summed E-state index contributed by atoms with van der Waals surface area (Å²) in [6.45, 7) is 6.31. The molecular weight excluding hydrogens is 282 g/mol. The Labute approximate surface area is 129 Å². The number of anilines is 2. The third kappa shape index (κ3) is 2.28. The minimum Gasteiger partial charge on any atom is -0.444 e. The SMILES string of the molecule is CC(C)(C)OC(=O)N1CCC2(C1)C(=O)Nc1ccc(N)cc12. The Morgan fingerprint density at radius 2 is 2.14 bits per heavy atom. The number of rotatable bonds is 0. The van der Waals surface area contributed by atoms with Gasteiger partial charge in [0.2, 0.25) is 5.91 Å². The van der Waals surface area contributed by atoms with Crippen LogP contribution in [0.15, 0.2) is 18.2 Å². The molecule has 118 valence electrons. The maximum Gasteiger partial charge on any atom is 0.410 e. The zero-order chi connectivity index (χ0) is 16.1. The summed E-state index contributed by atoms with van der Waals surface area (Å²) in [6.07, 6.45) is 0.198. The van der Waals surface area contributed by atoms with Gasteiger partial charge in [0.05, 0.1) is 5.41 Å². The first-order chi connectivity index (χ1) is 10.2. The number of carbonyl (C=O) groups excluding carboxylic acids is 2. The number of hydrogen-bond donors (Lipinski definition) is 2. The Morgan fingerprint density at radius 3 is 2.82 bits per heavy atom. The van der Waals surface area contributed by atoms with E-state index in [-0.39, 0.29) is 12.0 Å². The number of nitrogens with two attached hydrogens (primary N) is 1. The summed E-state index contributed by atoms with van der Waals surface area (Å²) < 4.78 is 5.40. The highest BCUT2D eigenvalue weighted by Crippen LogP contribution is 2.45. The van der Waals surface area contributed by atoms with E-state index >= 15 is 0 Å². The van der Waals surface area contributed by atoms with Crippen molar-refractivity contribution in [2.45, 2.75) is 38.2 Å². The molecule has 2 aliphatic heterocycles. The van der Waals surface area contributed by atoms with Gasteiger partial charge < -0.3 is 20.7 Å². The van der Waals surface area contributed by atoms with Crippen LogP contribution in [0.1, 0.15) is 32.8 Å². The van der Waals surface area contributed by atoms with Crippen molar-refractivity contribution in [2.24, 2.45) is 0 Å². The van der Waals surface area contributed by atoms with Gasteiger partial charge in [-0.15, -0.1) is 0 Å². The molecule has 22 heavy (non-hydrogen) atoms. The molecular formula is C16H21N3O3. The molecule has 3 rings (SSSR count). The second-order valence-electron chi connectivity index (χ2n) is 6.99. The number of hydrogen-bond acceptors (Lipinski definition) is 4. The Morgan fingerprint density at radius 1 is 1.41 bits per heavy atom. The minimum absolute atomic E-state index is 0.0702. The zero-order valence-corrected chi connectivity index (χ0v) is 13.1. The summed E-state index contributed by atoms with van der Waals surface area (Å²) in [5.41, 5.74) is 6.88. The average Bonchev–Trinajstić information content (AvgIpc) is 2.94. The predicted molar refractivity (Wildman–Crippen MR) is 83.6 cm³/mol. The van der Waals surface area contributed by atoms with Gasteiger partial charge in [-0.2, -0.15) is 0 Å². The van der Waals surface area contributed by atoms with Crippen LogP contribution >= 0.6 is 0 Å². The largest absolute Gasteiger partial charge is 0.444 e. The normalized spacial score (nSPS) is 23.6. The van der Waals surface area contributed by atoms with E-state index in [2.05, 4.69) is 5.32 Å². The van der Waals surface area contributed by atoms with Crippen LogP contribution in [0.5, 0.6) is 0 Å². The van der Waals surface area contributed by atoms with Gasteiger partial charge in [0.1, 0.15) is 5.60 Å². The maximum absolute atomic E-state index is 12.5. The fourth-order valence-corrected chi connectivity index (χ4v) is 3.13. The summed E-state index contributed by atoms with van der Waals surface area (Å²) >= 11 is 0. The fraction of sp³-hybridized carbons (Fsp3) is 0.500. The lowest BCUT2D eigenvalue weighted by atomic mass is 9.81. The molecule has 1 atom stereocenters. The molecule has 3 N–H and O–H groups in total. The number of nitrogens with zero attached hydrogens (tertiary/aromatic N) is 1. The Bertz CT molecular complexity index is 651. The summed E-state index contributed by atoms with van der Waals surface area (Å²) in [5, 5.41) is 2.89. The highest BCUT2D eigenvalue weighted by atomic mass is 16.6. The summed E-state index contributed by atoms with van der Waals surface area (Å²) in [5.74, 6) is -0.0702. The van der Waals surface area contributed by atoms with Gasteiger partial charge in [0, 0.05) is 24.5 Å². The molecule has 2 amide bonds. The number of amides is 2. The van der Waals surface area contributed by atoms with Gasteiger partial charge >= 0.3 is 6.09 Å². The van der Waals surface area contributed by atoms with Crippen molar-refractivity contribution >= 4 is 23.4 Å². The van der Waals surface area contributed by atoms with Crippen LogP contribution in [-0.2, 0) is 14.9 Å². The molecule has 1 fully saturated rings. The molecule has 1 unspecified atom stereocenters. The van der Waals surface area contributed by atoms with E-state index in [1.54, 1.807) is 11.0 Å². The molecule has 0 radical (unpaired) electrons. The number of likely N-dealkylation sites (tertiary alicyclic amines) is 1. The molecule has 0 aliphatic carbocycles. The fourth-order valence-electron chi connectivity index (χ4n) is 3.13. The summed E-state index contributed by atoms with van der Waals surface area (Å²) in [6, 6.07) is 5.40. The number of carbonyl (C=O) groups is 2. The van der Waals surface area contributed by atoms with Crippen molar-refractivity contribution in [1.29, 1.82) is 0 Å². The van der Waals surface area contributed by atoms with Crippen LogP contribution < -0.4 is 11.1 Å². The molecule has 0 bridgehead atoms. The Hall–Kier alpha value is -2.24. The van der Waals surface area contributed by atoms with Crippen molar-refractivity contribution in [2.75, 3.05) is 24.1 Å². The topological polar surface area (TPSA) is 84.7 Å². The van der Waals surface area contributed by atoms with Gasteiger partial charge in [-0.3, -0.25) is 4.79 Å². The summed E-state index contributed by atoms with van der Waals surface area (Å²) in [7, 11) is 0. The molecule has 0 saturated carbocycles. The highest BCUT2D eigenvalue weighted by Gasteiger charge is 2.52. The maximum atomic E-state index is 12.5. The first-order valence-electron chi connectivity index (χ1n) is 7.41. The Balaban J connectivity index is 1.87. The number of ether oxygens (including phenoxy) is 1. The zero-order valence-electron chi connectivity index (χ0n) is 13.1. The van der Waals surface area contributed by atoms with Gasteiger partial charge in [-0.1, -0.05) is 0 Å². The van der Waals surface area contributed by atoms with Crippen LogP contribution in [-0.4, -0.2) is 35.6 Å². The number of nitrogens with one attached hydrogen (secondary N) is 1. The Kier molecular flexibility index (Phi) is 3.09. The van der Waals surface area contributed by atoms with E-state index in [1.807, 2.05) is 32.9 Å². The van der Waals surface area contributed by atoms with Gasteiger partial charge in [0.15, 0.2) is 0 Å². The van der Waals surface area contributed by atoms with Gasteiger partial charge in [-0.25, -0.2) is 4.79 Å². The van der Waals surface area contributed by atoms with Crippen molar-refractivity contribution in [1.82, 2.24) is 4.90 Å². The van der Waals surface area contributed by atoms with Crippen LogP contribution in [0.4, 0.5) is 16.2 Å². The van der Waals surface area contributed by atoms with Gasteiger partial charge in [-0.05, 0) is 51.0 Å². The second kappa shape index (κ2) is 4.63. The van der Waals surface area contributed by atoms with Crippen molar-refractivity contribution in [3.05, 3.63) is 23.8 Å². The predicted octanol–water partition coefficient (Wildman–Crippen LogP) is 2.10. The standard InChI is InChI=1S/C16H21N3O3/c1-15(2,3)22-14(21)19-7-6-16(9-19)11-8-10(17)4-5-12(11)18-13(16)20/h4-5,8H,6-7,9,17H2,1-3H3,(H,18,20). The van der Waals surface area contributed by atoms with Crippen molar-refractivity contribution in [3.8, 4) is 0 Å². The first-order valence-corrected chi connectivity index (χ1v) is 7.41. The third-order valence-corrected chi connectivity index (χ3v) is 4.16. The lowest BCUT2D eigenvalue weighted by Crippen LogP contribution is -2.41. The van der Waals surface area contributed by atoms with Crippen LogP contribution in [0, 0.1) is 0 Å². The number of benzene rings is 1. The monoisotopic (exact) mass is 303 g/mol. The van der Waals surface area contributed by atoms with Crippen molar-refractivity contribution < 1.29 is 14.3 Å². The third-order valence-electron chi connectivity index (χ3n) is 4.16. The molecule has 2 heterocycles. The average molecular weight is 303 g/mol. The van der Waals surface area contributed by atoms with E-state index in [9.17, 15) is 9.59 Å². The van der Waals surface area contributed by atoms with E-state index < -0.39 is 11.0 Å². The molecule has 6 nitrogen and oxygen atoms in total. The number of nitrogen functional groups attached to an aromatic ring is 1. The molecule has 1 aromatic rings. The van der Waals surface area contributed by atoms with E-state index in [1.165, 1.54) is 0 Å². The van der Waals surface area contributed by atoms with Crippen LogP contribution in [0.3, 0.4) is 0 Å². The van der Waals surface area contributed by atoms with E-state index in [0.717, 1.165) is 11.3 Å². The minimum atomic E-state index is -0.707. The molecule has 6 heteroatoms. The van der Waals surface area contributed by atoms with Crippen LogP contribution in [0.25, 0.3) is 0 Å². The molecule has 1 spiro atoms. The van der Waals surface area contributed by atoms with E-state index in [0.29, 0.717) is 25.2 Å².